The molecule has 0 aliphatic carbocycles. The third kappa shape index (κ3) is 4.19. The van der Waals surface area contributed by atoms with Gasteiger partial charge in [0.15, 0.2) is 0 Å². The van der Waals surface area contributed by atoms with Crippen molar-refractivity contribution >= 4 is 17.8 Å². The molecule has 1 rings (SSSR count). The summed E-state index contributed by atoms with van der Waals surface area (Å²) in [5.74, 6) is -2.12. The lowest BCUT2D eigenvalue weighted by molar-refractivity contribution is -0.144. The van der Waals surface area contributed by atoms with E-state index in [2.05, 4.69) is 19.7 Å². The van der Waals surface area contributed by atoms with Crippen LogP contribution in [0.5, 0.6) is 0 Å². The number of carbonyl (C=O) groups excluding carboxylic acids is 3. The molecule has 0 unspecified atom stereocenters. The van der Waals surface area contributed by atoms with Gasteiger partial charge in [0, 0.05) is 6.07 Å². The summed E-state index contributed by atoms with van der Waals surface area (Å²) in [6.45, 7) is -0.878. The average Bonchev–Trinajstić information content (AvgIpc) is 2.46. The third-order valence-electron chi connectivity index (χ3n) is 2.28. The molecule has 0 saturated heterocycles. The Balaban J connectivity index is 2.93. The Morgan fingerprint density at radius 3 is 2.10 bits per heavy atom. The van der Waals surface area contributed by atoms with Crippen LogP contribution in [0, 0.1) is 0 Å². The Bertz CT molecular complexity index is 529. The van der Waals surface area contributed by atoms with Crippen molar-refractivity contribution in [2.75, 3.05) is 27.3 Å². The number of amides is 1. The second kappa shape index (κ2) is 7.02. The van der Waals surface area contributed by atoms with E-state index in [1.807, 2.05) is 0 Å². The van der Waals surface area contributed by atoms with Crippen molar-refractivity contribution in [1.29, 1.82) is 0 Å². The largest absolute Gasteiger partial charge is 0.468 e. The summed E-state index contributed by atoms with van der Waals surface area (Å²) >= 11 is 0. The summed E-state index contributed by atoms with van der Waals surface area (Å²) in [7, 11) is 2.31. The van der Waals surface area contributed by atoms with Crippen LogP contribution in [-0.4, -0.2) is 60.3 Å². The van der Waals surface area contributed by atoms with E-state index in [0.717, 1.165) is 25.2 Å². The number of nitrogens with zero attached hydrogens (tertiary/aromatic N) is 2. The molecule has 1 N–H and O–H groups in total. The first-order valence-corrected chi connectivity index (χ1v) is 5.46. The molecule has 1 aromatic rings. The van der Waals surface area contributed by atoms with E-state index in [1.54, 1.807) is 0 Å². The number of aromatic nitrogens is 2. The van der Waals surface area contributed by atoms with Crippen LogP contribution in [0.2, 0.25) is 0 Å². The summed E-state index contributed by atoms with van der Waals surface area (Å²) in [5, 5.41) is 5.62. The fourth-order valence-electron chi connectivity index (χ4n) is 1.27. The first-order chi connectivity index (χ1) is 9.47. The highest BCUT2D eigenvalue weighted by Gasteiger charge is 2.23. The van der Waals surface area contributed by atoms with E-state index in [4.69, 9.17) is 0 Å². The molecular weight excluding hydrogens is 270 g/mol. The Morgan fingerprint density at radius 2 is 1.70 bits per heavy atom. The topological polar surface area (TPSA) is 119 Å². The van der Waals surface area contributed by atoms with Gasteiger partial charge in [-0.1, -0.05) is 0 Å². The monoisotopic (exact) mass is 283 g/mol. The molecule has 20 heavy (non-hydrogen) atoms. The second-order valence-corrected chi connectivity index (χ2v) is 3.62. The maximum absolute atomic E-state index is 12.1. The number of ether oxygens (including phenoxy) is 2. The van der Waals surface area contributed by atoms with E-state index in [-0.39, 0.29) is 5.69 Å². The predicted octanol–water partition coefficient (Wildman–Crippen LogP) is -1.44. The van der Waals surface area contributed by atoms with Crippen molar-refractivity contribution in [2.24, 2.45) is 0 Å². The van der Waals surface area contributed by atoms with Gasteiger partial charge in [0.25, 0.3) is 11.5 Å². The molecule has 0 aliphatic rings. The average molecular weight is 283 g/mol. The van der Waals surface area contributed by atoms with Crippen LogP contribution in [0.1, 0.15) is 10.5 Å². The molecule has 0 saturated carbocycles. The molecule has 1 aromatic heterocycles. The van der Waals surface area contributed by atoms with E-state index in [9.17, 15) is 19.2 Å². The predicted molar refractivity (Wildman–Crippen MR) is 64.8 cm³/mol. The van der Waals surface area contributed by atoms with E-state index >= 15 is 0 Å². The van der Waals surface area contributed by atoms with Crippen molar-refractivity contribution in [1.82, 2.24) is 15.1 Å². The smallest absolute Gasteiger partial charge is 0.325 e. The fraction of sp³-hybridized carbons (Fsp3) is 0.364. The molecule has 9 nitrogen and oxygen atoms in total. The van der Waals surface area contributed by atoms with Crippen LogP contribution in [0.4, 0.5) is 0 Å². The Kier molecular flexibility index (Phi) is 5.39. The van der Waals surface area contributed by atoms with Crippen molar-refractivity contribution in [2.45, 2.75) is 0 Å². The van der Waals surface area contributed by atoms with Crippen molar-refractivity contribution in [3.63, 3.8) is 0 Å². The lowest BCUT2D eigenvalue weighted by Crippen LogP contribution is -2.40. The summed E-state index contributed by atoms with van der Waals surface area (Å²) in [5.41, 5.74) is -0.591. The van der Waals surface area contributed by atoms with Crippen LogP contribution < -0.4 is 5.56 Å². The Hall–Kier alpha value is -2.71. The zero-order valence-electron chi connectivity index (χ0n) is 10.9. The van der Waals surface area contributed by atoms with E-state index < -0.39 is 36.5 Å². The minimum Gasteiger partial charge on any atom is -0.468 e. The molecule has 0 fully saturated rings. The molecule has 9 heteroatoms. The molecule has 108 valence electrons. The summed E-state index contributed by atoms with van der Waals surface area (Å²) in [4.78, 5) is 46.3. The summed E-state index contributed by atoms with van der Waals surface area (Å²) in [6.07, 6.45) is 0. The Morgan fingerprint density at radius 1 is 1.15 bits per heavy atom. The number of nitrogens with one attached hydrogen (secondary N) is 1. The standard InChI is InChI=1S/C11H13N3O6/c1-19-9(16)5-14(6-10(17)20-2)11(18)7-3-4-8(15)13-12-7/h3-4H,5-6H2,1-2H3,(H,13,15). The fourth-order valence-corrected chi connectivity index (χ4v) is 1.27. The minimum absolute atomic E-state index is 0.114. The highest BCUT2D eigenvalue weighted by molar-refractivity contribution is 5.96. The molecule has 1 heterocycles. The second-order valence-electron chi connectivity index (χ2n) is 3.62. The number of rotatable bonds is 5. The van der Waals surface area contributed by atoms with Crippen LogP contribution in [0.15, 0.2) is 16.9 Å². The zero-order valence-corrected chi connectivity index (χ0v) is 10.9. The molecule has 0 bridgehead atoms. The van der Waals surface area contributed by atoms with Gasteiger partial charge >= 0.3 is 11.9 Å². The molecule has 0 radical (unpaired) electrons. The highest BCUT2D eigenvalue weighted by Crippen LogP contribution is 2.01. The number of aromatic amines is 1. The lowest BCUT2D eigenvalue weighted by Gasteiger charge is -2.19. The summed E-state index contributed by atoms with van der Waals surface area (Å²) in [6, 6.07) is 2.29. The molecule has 1 amide bonds. The van der Waals surface area contributed by atoms with Crippen molar-refractivity contribution in [3.8, 4) is 0 Å². The van der Waals surface area contributed by atoms with Crippen LogP contribution in [0.3, 0.4) is 0 Å². The maximum Gasteiger partial charge on any atom is 0.325 e. The number of esters is 2. The molecule has 0 aliphatic heterocycles. The SMILES string of the molecule is COC(=O)CN(CC(=O)OC)C(=O)c1ccc(=O)[nH]n1. The van der Waals surface area contributed by atoms with E-state index in [1.165, 1.54) is 6.07 Å². The van der Waals surface area contributed by atoms with Gasteiger partial charge in [-0.3, -0.25) is 19.2 Å². The van der Waals surface area contributed by atoms with Crippen molar-refractivity contribution < 1.29 is 23.9 Å². The first-order valence-electron chi connectivity index (χ1n) is 5.46. The number of hydrogen-bond donors (Lipinski definition) is 1. The zero-order chi connectivity index (χ0) is 15.1. The lowest BCUT2D eigenvalue weighted by atomic mass is 10.3. The number of H-pyrrole nitrogens is 1. The first kappa shape index (κ1) is 15.3. The van der Waals surface area contributed by atoms with Gasteiger partial charge in [0.2, 0.25) is 0 Å². The third-order valence-corrected chi connectivity index (χ3v) is 2.28. The van der Waals surface area contributed by atoms with Gasteiger partial charge in [-0.25, -0.2) is 5.10 Å². The van der Waals surface area contributed by atoms with Gasteiger partial charge < -0.3 is 14.4 Å². The highest BCUT2D eigenvalue weighted by atomic mass is 16.5. The quantitative estimate of drug-likeness (QED) is 0.657. The van der Waals surface area contributed by atoms with Crippen LogP contribution in [-0.2, 0) is 19.1 Å². The van der Waals surface area contributed by atoms with Gasteiger partial charge in [0.05, 0.1) is 14.2 Å². The number of carbonyl (C=O) groups is 3. The molecule has 0 aromatic carbocycles. The minimum atomic E-state index is -0.711. The molecular formula is C11H13N3O6. The Labute approximate surface area is 113 Å². The summed E-state index contributed by atoms with van der Waals surface area (Å²) < 4.78 is 8.88. The van der Waals surface area contributed by atoms with Crippen LogP contribution >= 0.6 is 0 Å². The van der Waals surface area contributed by atoms with E-state index in [0.29, 0.717) is 0 Å². The number of hydrogen-bond acceptors (Lipinski definition) is 7. The maximum atomic E-state index is 12.1. The molecule has 0 spiro atoms. The van der Waals surface area contributed by atoms with Gasteiger partial charge in [0.1, 0.15) is 18.8 Å². The number of methoxy groups -OCH3 is 2. The van der Waals surface area contributed by atoms with Crippen LogP contribution in [0.25, 0.3) is 0 Å². The normalized spacial score (nSPS) is 9.70. The van der Waals surface area contributed by atoms with Gasteiger partial charge in [-0.05, 0) is 6.07 Å². The molecule has 0 atom stereocenters. The van der Waals surface area contributed by atoms with Gasteiger partial charge in [-0.2, -0.15) is 5.10 Å². The van der Waals surface area contributed by atoms with Gasteiger partial charge in [-0.15, -0.1) is 0 Å². The van der Waals surface area contributed by atoms with Crippen molar-refractivity contribution in [3.05, 3.63) is 28.2 Å².